The maximum atomic E-state index is 4.55. The molecule has 0 unspecified atom stereocenters. The molecule has 188 valence electrons. The highest BCUT2D eigenvalue weighted by atomic mass is 14.7. The smallest absolute Gasteiger partial charge is 0.0702 e. The van der Waals surface area contributed by atoms with Crippen molar-refractivity contribution >= 4 is 10.8 Å². The Balaban J connectivity index is 1.37. The van der Waals surface area contributed by atoms with Crippen molar-refractivity contribution in [2.24, 2.45) is 0 Å². The van der Waals surface area contributed by atoms with E-state index in [0.29, 0.717) is 0 Å². The van der Waals surface area contributed by atoms with Crippen LogP contribution >= 0.6 is 0 Å². The molecule has 1 heteroatoms. The largest absolute Gasteiger partial charge is 0.256 e. The van der Waals surface area contributed by atoms with E-state index in [0.717, 1.165) is 11.3 Å². The molecule has 6 aromatic carbocycles. The number of hydrogen-bond donors (Lipinski definition) is 0. The van der Waals surface area contributed by atoms with Gasteiger partial charge in [0, 0.05) is 11.8 Å². The molecule has 0 radical (unpaired) electrons. The quantitative estimate of drug-likeness (QED) is 0.225. The first-order valence-electron chi connectivity index (χ1n) is 13.6. The van der Waals surface area contributed by atoms with Crippen LogP contribution in [0.1, 0.15) is 0 Å². The monoisotopic (exact) mass is 509 g/mol. The normalized spacial score (nSPS) is 11.0. The van der Waals surface area contributed by atoms with Gasteiger partial charge in [-0.1, -0.05) is 115 Å². The second-order valence-corrected chi connectivity index (χ2v) is 10.1. The first kappa shape index (κ1) is 23.8. The summed E-state index contributed by atoms with van der Waals surface area (Å²) in [6.45, 7) is 0. The summed E-state index contributed by atoms with van der Waals surface area (Å²) in [7, 11) is 0. The van der Waals surface area contributed by atoms with Gasteiger partial charge in [-0.05, 0) is 97.7 Å². The van der Waals surface area contributed by atoms with E-state index < -0.39 is 0 Å². The highest BCUT2D eigenvalue weighted by Gasteiger charge is 2.11. The lowest BCUT2D eigenvalue weighted by atomic mass is 9.90. The van der Waals surface area contributed by atoms with E-state index in [1.165, 1.54) is 55.3 Å². The Morgan fingerprint density at radius 2 is 0.850 bits per heavy atom. The van der Waals surface area contributed by atoms with Gasteiger partial charge in [-0.15, -0.1) is 0 Å². The summed E-state index contributed by atoms with van der Waals surface area (Å²) in [4.78, 5) is 4.55. The fourth-order valence-corrected chi connectivity index (χ4v) is 5.49. The van der Waals surface area contributed by atoms with Gasteiger partial charge in [0.15, 0.2) is 0 Å². The van der Waals surface area contributed by atoms with Gasteiger partial charge in [0.05, 0.1) is 5.69 Å². The molecule has 0 bridgehead atoms. The highest BCUT2D eigenvalue weighted by Crippen LogP contribution is 2.37. The lowest BCUT2D eigenvalue weighted by Crippen LogP contribution is -1.88. The van der Waals surface area contributed by atoms with Crippen LogP contribution in [0.25, 0.3) is 66.5 Å². The number of hydrogen-bond acceptors (Lipinski definition) is 1. The number of fused-ring (bicyclic) bond motifs is 1. The molecule has 1 heterocycles. The van der Waals surface area contributed by atoms with Crippen LogP contribution in [0.3, 0.4) is 0 Å². The van der Waals surface area contributed by atoms with Crippen molar-refractivity contribution < 1.29 is 0 Å². The molecular weight excluding hydrogens is 482 g/mol. The standard InChI is InChI=1S/C39H27N/c1-2-11-28(12-3-1)34-25-35(27-36(26-34)38-20-10-14-29-13-4-5-19-37(29)38)32-17-8-15-30(23-32)31-16-9-18-33(24-31)39-21-6-7-22-40-39/h1-27H. The van der Waals surface area contributed by atoms with Crippen LogP contribution < -0.4 is 0 Å². The van der Waals surface area contributed by atoms with Crippen molar-refractivity contribution in [3.8, 4) is 55.8 Å². The zero-order chi connectivity index (χ0) is 26.7. The van der Waals surface area contributed by atoms with E-state index in [4.69, 9.17) is 0 Å². The van der Waals surface area contributed by atoms with Crippen LogP contribution in [-0.4, -0.2) is 4.98 Å². The summed E-state index contributed by atoms with van der Waals surface area (Å²) in [6, 6.07) is 56.3. The maximum Gasteiger partial charge on any atom is 0.0702 e. The fourth-order valence-electron chi connectivity index (χ4n) is 5.49. The molecule has 7 rings (SSSR count). The van der Waals surface area contributed by atoms with Crippen molar-refractivity contribution in [3.05, 3.63) is 164 Å². The van der Waals surface area contributed by atoms with Crippen LogP contribution in [0, 0.1) is 0 Å². The molecule has 0 aliphatic heterocycles. The van der Waals surface area contributed by atoms with E-state index in [2.05, 4.69) is 151 Å². The first-order valence-corrected chi connectivity index (χ1v) is 13.6. The van der Waals surface area contributed by atoms with Gasteiger partial charge in [0.1, 0.15) is 0 Å². The number of aromatic nitrogens is 1. The van der Waals surface area contributed by atoms with Crippen molar-refractivity contribution in [2.75, 3.05) is 0 Å². The van der Waals surface area contributed by atoms with Crippen molar-refractivity contribution in [1.29, 1.82) is 0 Å². The minimum atomic E-state index is 0.982. The summed E-state index contributed by atoms with van der Waals surface area (Å²) >= 11 is 0. The zero-order valence-electron chi connectivity index (χ0n) is 22.0. The van der Waals surface area contributed by atoms with E-state index in [1.807, 2.05) is 18.3 Å². The molecule has 7 aromatic rings. The summed E-state index contributed by atoms with van der Waals surface area (Å²) in [5, 5.41) is 2.52. The molecule has 0 saturated carbocycles. The third-order valence-corrected chi connectivity index (χ3v) is 7.49. The van der Waals surface area contributed by atoms with Gasteiger partial charge in [0.25, 0.3) is 0 Å². The molecule has 0 amide bonds. The summed E-state index contributed by atoms with van der Waals surface area (Å²) in [5.41, 5.74) is 11.8. The van der Waals surface area contributed by atoms with Crippen LogP contribution in [-0.2, 0) is 0 Å². The lowest BCUT2D eigenvalue weighted by Gasteiger charge is -2.14. The lowest BCUT2D eigenvalue weighted by molar-refractivity contribution is 1.33. The number of pyridine rings is 1. The minimum absolute atomic E-state index is 0.982. The van der Waals surface area contributed by atoms with E-state index >= 15 is 0 Å². The van der Waals surface area contributed by atoms with Gasteiger partial charge in [-0.2, -0.15) is 0 Å². The predicted octanol–water partition coefficient (Wildman–Crippen LogP) is 10.6. The molecule has 0 saturated heterocycles. The fraction of sp³-hybridized carbons (Fsp3) is 0. The van der Waals surface area contributed by atoms with Gasteiger partial charge in [-0.3, -0.25) is 4.98 Å². The third-order valence-electron chi connectivity index (χ3n) is 7.49. The van der Waals surface area contributed by atoms with E-state index in [-0.39, 0.29) is 0 Å². The van der Waals surface area contributed by atoms with Crippen molar-refractivity contribution in [2.45, 2.75) is 0 Å². The van der Waals surface area contributed by atoms with Crippen molar-refractivity contribution in [1.82, 2.24) is 4.98 Å². The summed E-state index contributed by atoms with van der Waals surface area (Å²) in [5.74, 6) is 0. The SMILES string of the molecule is c1ccc(-c2cc(-c3cccc(-c4cccc(-c5ccccn5)c4)c3)cc(-c3cccc4ccccc34)c2)cc1. The van der Waals surface area contributed by atoms with Gasteiger partial charge in [0.2, 0.25) is 0 Å². The average molecular weight is 510 g/mol. The third kappa shape index (κ3) is 4.70. The number of nitrogens with zero attached hydrogens (tertiary/aromatic N) is 1. The molecule has 0 aliphatic carbocycles. The summed E-state index contributed by atoms with van der Waals surface area (Å²) in [6.07, 6.45) is 1.84. The Morgan fingerprint density at radius 3 is 1.62 bits per heavy atom. The topological polar surface area (TPSA) is 12.9 Å². The Morgan fingerprint density at radius 1 is 0.325 bits per heavy atom. The predicted molar refractivity (Wildman–Crippen MR) is 169 cm³/mol. The molecule has 0 atom stereocenters. The Bertz CT molecular complexity index is 1930. The Hall–Kier alpha value is -5.27. The van der Waals surface area contributed by atoms with Crippen LogP contribution in [0.15, 0.2) is 164 Å². The van der Waals surface area contributed by atoms with E-state index in [1.54, 1.807) is 0 Å². The molecule has 1 aromatic heterocycles. The summed E-state index contributed by atoms with van der Waals surface area (Å²) < 4.78 is 0. The van der Waals surface area contributed by atoms with E-state index in [9.17, 15) is 0 Å². The van der Waals surface area contributed by atoms with Gasteiger partial charge < -0.3 is 0 Å². The average Bonchev–Trinajstić information content (AvgIpc) is 3.05. The second-order valence-electron chi connectivity index (χ2n) is 10.1. The first-order chi connectivity index (χ1) is 19.8. The van der Waals surface area contributed by atoms with Gasteiger partial charge >= 0.3 is 0 Å². The Labute approximate surface area is 235 Å². The van der Waals surface area contributed by atoms with Crippen LogP contribution in [0.2, 0.25) is 0 Å². The highest BCUT2D eigenvalue weighted by molar-refractivity contribution is 5.98. The van der Waals surface area contributed by atoms with Crippen molar-refractivity contribution in [3.63, 3.8) is 0 Å². The Kier molecular flexibility index (Phi) is 6.24. The number of benzene rings is 6. The van der Waals surface area contributed by atoms with Gasteiger partial charge in [-0.25, -0.2) is 0 Å². The molecule has 0 fully saturated rings. The maximum absolute atomic E-state index is 4.55. The molecule has 0 aliphatic rings. The molecule has 0 spiro atoms. The zero-order valence-corrected chi connectivity index (χ0v) is 22.0. The number of rotatable bonds is 5. The van der Waals surface area contributed by atoms with Crippen LogP contribution in [0.4, 0.5) is 0 Å². The second kappa shape index (κ2) is 10.5. The molecule has 1 nitrogen and oxygen atoms in total. The molecular formula is C39H27N. The van der Waals surface area contributed by atoms with Crippen LogP contribution in [0.5, 0.6) is 0 Å². The minimum Gasteiger partial charge on any atom is -0.256 e. The molecule has 40 heavy (non-hydrogen) atoms. The molecule has 0 N–H and O–H groups in total.